The van der Waals surface area contributed by atoms with Crippen LogP contribution in [-0.2, 0) is 4.74 Å². The molecule has 4 heteroatoms. The largest absolute Gasteiger partial charge is 0.470 e. The van der Waals surface area contributed by atoms with E-state index in [1.807, 2.05) is 19.0 Å². The molecule has 0 aliphatic heterocycles. The molecule has 0 radical (unpaired) electrons. The first-order valence-electron chi connectivity index (χ1n) is 3.16. The van der Waals surface area contributed by atoms with Gasteiger partial charge in [-0.25, -0.2) is 0 Å². The Morgan fingerprint density at radius 2 is 2.20 bits per heavy atom. The summed E-state index contributed by atoms with van der Waals surface area (Å²) in [7, 11) is 5.73. The van der Waals surface area contributed by atoms with Crippen LogP contribution in [0.4, 0.5) is 0 Å². The van der Waals surface area contributed by atoms with Crippen LogP contribution in [0.15, 0.2) is 0 Å². The first kappa shape index (κ1) is 9.65. The van der Waals surface area contributed by atoms with Crippen molar-refractivity contribution >= 4 is 17.4 Å². The second-order valence-corrected chi connectivity index (χ2v) is 2.56. The van der Waals surface area contributed by atoms with Crippen LogP contribution in [0, 0.1) is 0 Å². The smallest absolute Gasteiger partial charge is 0.256 e. The standard InChI is InChI=1S/C6H14N2OS/c1-7-6(10)9-5-4-8(2)3/h4-5H2,1-3H3,(H,7,10). The van der Waals surface area contributed by atoms with Gasteiger partial charge in [0.25, 0.3) is 5.17 Å². The molecular formula is C6H14N2OS. The molecule has 0 fully saturated rings. The lowest BCUT2D eigenvalue weighted by molar-refractivity contribution is 0.249. The lowest BCUT2D eigenvalue weighted by Crippen LogP contribution is -2.24. The van der Waals surface area contributed by atoms with Gasteiger partial charge < -0.3 is 15.0 Å². The fraction of sp³-hybridized carbons (Fsp3) is 0.833. The van der Waals surface area contributed by atoms with Gasteiger partial charge >= 0.3 is 0 Å². The van der Waals surface area contributed by atoms with Gasteiger partial charge in [0.15, 0.2) is 0 Å². The molecule has 0 atom stereocenters. The van der Waals surface area contributed by atoms with E-state index in [1.165, 1.54) is 0 Å². The highest BCUT2D eigenvalue weighted by Crippen LogP contribution is 1.79. The normalized spacial score (nSPS) is 9.60. The maximum Gasteiger partial charge on any atom is 0.256 e. The molecule has 1 N–H and O–H groups in total. The van der Waals surface area contributed by atoms with Gasteiger partial charge in [0, 0.05) is 13.6 Å². The van der Waals surface area contributed by atoms with E-state index < -0.39 is 0 Å². The lowest BCUT2D eigenvalue weighted by atomic mass is 10.6. The third kappa shape index (κ3) is 5.78. The number of likely N-dealkylation sites (N-methyl/N-ethyl adjacent to an activating group) is 1. The molecule has 0 aliphatic carbocycles. The Morgan fingerprint density at radius 1 is 1.60 bits per heavy atom. The molecule has 0 heterocycles. The molecule has 10 heavy (non-hydrogen) atoms. The first-order valence-corrected chi connectivity index (χ1v) is 3.57. The van der Waals surface area contributed by atoms with Crippen molar-refractivity contribution in [3.8, 4) is 0 Å². The molecule has 0 rings (SSSR count). The average Bonchev–Trinajstić information content (AvgIpc) is 1.87. The SMILES string of the molecule is CNC(=S)OCCN(C)C. The topological polar surface area (TPSA) is 24.5 Å². The minimum Gasteiger partial charge on any atom is -0.470 e. The monoisotopic (exact) mass is 162 g/mol. The molecule has 0 spiro atoms. The fourth-order valence-corrected chi connectivity index (χ4v) is 0.476. The Kier molecular flexibility index (Phi) is 5.25. The van der Waals surface area contributed by atoms with E-state index in [9.17, 15) is 0 Å². The number of ether oxygens (including phenoxy) is 1. The zero-order valence-electron chi connectivity index (χ0n) is 6.68. The van der Waals surface area contributed by atoms with Crippen molar-refractivity contribution < 1.29 is 4.74 Å². The molecule has 0 saturated heterocycles. The van der Waals surface area contributed by atoms with Crippen molar-refractivity contribution in [1.82, 2.24) is 10.2 Å². The maximum absolute atomic E-state index is 5.08. The van der Waals surface area contributed by atoms with Gasteiger partial charge in [-0.3, -0.25) is 0 Å². The number of hydrogen-bond donors (Lipinski definition) is 1. The molecule has 0 aromatic rings. The van der Waals surface area contributed by atoms with E-state index in [0.717, 1.165) is 6.54 Å². The number of nitrogens with zero attached hydrogens (tertiary/aromatic N) is 1. The van der Waals surface area contributed by atoms with Crippen molar-refractivity contribution in [3.63, 3.8) is 0 Å². The van der Waals surface area contributed by atoms with Crippen molar-refractivity contribution in [2.75, 3.05) is 34.3 Å². The van der Waals surface area contributed by atoms with Gasteiger partial charge in [0.2, 0.25) is 0 Å². The molecule has 0 aliphatic rings. The zero-order valence-corrected chi connectivity index (χ0v) is 7.49. The summed E-state index contributed by atoms with van der Waals surface area (Å²) in [5, 5.41) is 3.19. The van der Waals surface area contributed by atoms with Crippen LogP contribution < -0.4 is 5.32 Å². The second kappa shape index (κ2) is 5.44. The van der Waals surface area contributed by atoms with Gasteiger partial charge in [-0.2, -0.15) is 0 Å². The van der Waals surface area contributed by atoms with E-state index >= 15 is 0 Å². The summed E-state index contributed by atoms with van der Waals surface area (Å²) in [5.74, 6) is 0. The zero-order chi connectivity index (χ0) is 7.98. The molecule has 60 valence electrons. The molecule has 0 aromatic heterocycles. The van der Waals surface area contributed by atoms with Crippen LogP contribution >= 0.6 is 12.2 Å². The van der Waals surface area contributed by atoms with E-state index in [0.29, 0.717) is 11.8 Å². The van der Waals surface area contributed by atoms with E-state index in [4.69, 9.17) is 17.0 Å². The van der Waals surface area contributed by atoms with Gasteiger partial charge in [0.1, 0.15) is 6.61 Å². The third-order valence-electron chi connectivity index (χ3n) is 0.976. The van der Waals surface area contributed by atoms with E-state index in [-0.39, 0.29) is 0 Å². The lowest BCUT2D eigenvalue weighted by Gasteiger charge is -2.10. The summed E-state index contributed by atoms with van der Waals surface area (Å²) in [4.78, 5) is 2.04. The highest BCUT2D eigenvalue weighted by molar-refractivity contribution is 7.80. The predicted octanol–water partition coefficient (Wildman–Crippen LogP) is 0.0689. The molecule has 0 aromatic carbocycles. The van der Waals surface area contributed by atoms with Gasteiger partial charge in [-0.1, -0.05) is 0 Å². The summed E-state index contributed by atoms with van der Waals surface area (Å²) in [6.45, 7) is 1.54. The van der Waals surface area contributed by atoms with Gasteiger partial charge in [-0.05, 0) is 26.3 Å². The number of nitrogens with one attached hydrogen (secondary N) is 1. The summed E-state index contributed by atoms with van der Waals surface area (Å²) in [5.41, 5.74) is 0. The van der Waals surface area contributed by atoms with Crippen LogP contribution in [0.1, 0.15) is 0 Å². The van der Waals surface area contributed by atoms with Crippen LogP contribution in [0.2, 0.25) is 0 Å². The van der Waals surface area contributed by atoms with Crippen LogP contribution in [0.25, 0.3) is 0 Å². The Bertz CT molecular complexity index is 106. The number of rotatable bonds is 3. The Hall–Kier alpha value is -0.350. The molecule has 3 nitrogen and oxygen atoms in total. The van der Waals surface area contributed by atoms with Crippen LogP contribution in [0.5, 0.6) is 0 Å². The quantitative estimate of drug-likeness (QED) is 0.594. The number of thiocarbonyl (C=S) groups is 1. The van der Waals surface area contributed by atoms with Crippen LogP contribution in [0.3, 0.4) is 0 Å². The summed E-state index contributed by atoms with van der Waals surface area (Å²) < 4.78 is 5.08. The van der Waals surface area contributed by atoms with E-state index in [2.05, 4.69) is 5.32 Å². The molecular weight excluding hydrogens is 148 g/mol. The predicted molar refractivity (Wildman–Crippen MR) is 46.2 cm³/mol. The molecule has 0 amide bonds. The molecule has 0 unspecified atom stereocenters. The minimum absolute atomic E-state index is 0.460. The van der Waals surface area contributed by atoms with Crippen LogP contribution in [-0.4, -0.2) is 44.4 Å². The van der Waals surface area contributed by atoms with E-state index in [1.54, 1.807) is 7.05 Å². The molecule has 0 bridgehead atoms. The minimum atomic E-state index is 0.460. The van der Waals surface area contributed by atoms with Gasteiger partial charge in [-0.15, -0.1) is 0 Å². The average molecular weight is 162 g/mol. The Labute approximate surface area is 67.3 Å². The maximum atomic E-state index is 5.08. The molecule has 0 saturated carbocycles. The van der Waals surface area contributed by atoms with Crippen molar-refractivity contribution in [1.29, 1.82) is 0 Å². The van der Waals surface area contributed by atoms with Crippen molar-refractivity contribution in [2.45, 2.75) is 0 Å². The summed E-state index contributed by atoms with van der Waals surface area (Å²) in [6.07, 6.45) is 0. The van der Waals surface area contributed by atoms with Gasteiger partial charge in [0.05, 0.1) is 0 Å². The first-order chi connectivity index (χ1) is 4.66. The third-order valence-corrected chi connectivity index (χ3v) is 1.30. The Balaban J connectivity index is 3.12. The Morgan fingerprint density at radius 3 is 2.60 bits per heavy atom. The fourth-order valence-electron chi connectivity index (χ4n) is 0.393. The highest BCUT2D eigenvalue weighted by Gasteiger charge is 1.92. The number of hydrogen-bond acceptors (Lipinski definition) is 3. The van der Waals surface area contributed by atoms with Crippen molar-refractivity contribution in [3.05, 3.63) is 0 Å². The highest BCUT2D eigenvalue weighted by atomic mass is 32.1. The van der Waals surface area contributed by atoms with Crippen molar-refractivity contribution in [2.24, 2.45) is 0 Å². The summed E-state index contributed by atoms with van der Waals surface area (Å²) >= 11 is 4.76. The second-order valence-electron chi connectivity index (χ2n) is 2.19. The summed E-state index contributed by atoms with van der Waals surface area (Å²) in [6, 6.07) is 0.